The van der Waals surface area contributed by atoms with Gasteiger partial charge in [-0.05, 0) is 42.2 Å². The summed E-state index contributed by atoms with van der Waals surface area (Å²) in [6, 6.07) is 4.85. The maximum Gasteiger partial charge on any atom is 0.288 e. The largest absolute Gasteiger partial charge is 0.374 e. The van der Waals surface area contributed by atoms with Crippen LogP contribution in [0.2, 0.25) is 5.02 Å². The van der Waals surface area contributed by atoms with Gasteiger partial charge in [0.15, 0.2) is 0 Å². The maximum atomic E-state index is 10.9. The minimum Gasteiger partial charge on any atom is -0.374 e. The Morgan fingerprint density at radius 1 is 1.43 bits per heavy atom. The summed E-state index contributed by atoms with van der Waals surface area (Å²) in [7, 11) is 0. The number of nitro groups is 1. The Balaban J connectivity index is 2.00. The van der Waals surface area contributed by atoms with Gasteiger partial charge >= 0.3 is 0 Å². The van der Waals surface area contributed by atoms with Crippen LogP contribution >= 0.6 is 11.6 Å². The number of nitrogens with zero attached hydrogens (tertiary/aromatic N) is 1. The molecule has 0 N–H and O–H groups in total. The van der Waals surface area contributed by atoms with Crippen molar-refractivity contribution in [3.05, 3.63) is 38.9 Å². The summed E-state index contributed by atoms with van der Waals surface area (Å²) < 4.78 is 5.98. The molecule has 0 saturated heterocycles. The Hall–Kier alpha value is -1.13. The molecule has 1 aliphatic carbocycles. The molecule has 116 valence electrons. The molecule has 1 aromatic carbocycles. The predicted molar refractivity (Wildman–Crippen MR) is 83.5 cm³/mol. The first-order chi connectivity index (χ1) is 9.77. The van der Waals surface area contributed by atoms with Crippen LogP contribution in [0.5, 0.6) is 0 Å². The lowest BCUT2D eigenvalue weighted by molar-refractivity contribution is -0.384. The lowest BCUT2D eigenvalue weighted by atomic mass is 9.71. The highest BCUT2D eigenvalue weighted by atomic mass is 35.5. The average molecular weight is 312 g/mol. The summed E-state index contributed by atoms with van der Waals surface area (Å²) in [5, 5.41) is 11.1. The van der Waals surface area contributed by atoms with Crippen molar-refractivity contribution in [1.82, 2.24) is 0 Å². The van der Waals surface area contributed by atoms with Gasteiger partial charge in [0.05, 0.1) is 17.6 Å². The Morgan fingerprint density at radius 2 is 2.14 bits per heavy atom. The van der Waals surface area contributed by atoms with Crippen molar-refractivity contribution in [2.24, 2.45) is 11.3 Å². The van der Waals surface area contributed by atoms with Gasteiger partial charge in [0.25, 0.3) is 5.69 Å². The molecule has 0 amide bonds. The monoisotopic (exact) mass is 311 g/mol. The van der Waals surface area contributed by atoms with Gasteiger partial charge in [-0.3, -0.25) is 10.1 Å². The second-order valence-electron chi connectivity index (χ2n) is 6.89. The number of ether oxygens (including phenoxy) is 1. The van der Waals surface area contributed by atoms with Crippen LogP contribution in [0.15, 0.2) is 18.2 Å². The fourth-order valence-corrected chi connectivity index (χ4v) is 3.57. The summed E-state index contributed by atoms with van der Waals surface area (Å²) >= 11 is 5.81. The summed E-state index contributed by atoms with van der Waals surface area (Å²) in [5.41, 5.74) is 1.03. The van der Waals surface area contributed by atoms with Crippen molar-refractivity contribution >= 4 is 17.3 Å². The second-order valence-corrected chi connectivity index (χ2v) is 7.30. The van der Waals surface area contributed by atoms with E-state index in [1.54, 1.807) is 12.1 Å². The Labute approximate surface area is 130 Å². The van der Waals surface area contributed by atoms with Gasteiger partial charge in [-0.2, -0.15) is 0 Å². The minimum atomic E-state index is -0.461. The van der Waals surface area contributed by atoms with Gasteiger partial charge in [-0.15, -0.1) is 0 Å². The van der Waals surface area contributed by atoms with E-state index in [1.165, 1.54) is 12.5 Å². The molecule has 2 unspecified atom stereocenters. The molecule has 1 aromatic rings. The van der Waals surface area contributed by atoms with Crippen molar-refractivity contribution in [2.45, 2.75) is 52.7 Å². The molecule has 0 heterocycles. The Kier molecular flexibility index (Phi) is 4.89. The number of halogens is 1. The molecular weight excluding hydrogens is 290 g/mol. The maximum absolute atomic E-state index is 10.9. The predicted octanol–water partition coefficient (Wildman–Crippen LogP) is 4.98. The number of hydrogen-bond donors (Lipinski definition) is 0. The zero-order chi connectivity index (χ0) is 15.6. The van der Waals surface area contributed by atoms with Crippen molar-refractivity contribution in [3.63, 3.8) is 0 Å². The molecule has 0 radical (unpaired) electrons. The van der Waals surface area contributed by atoms with Gasteiger partial charge in [0.1, 0.15) is 5.02 Å². The highest BCUT2D eigenvalue weighted by molar-refractivity contribution is 6.32. The summed E-state index contributed by atoms with van der Waals surface area (Å²) in [5.74, 6) is 0.651. The third-order valence-electron chi connectivity index (χ3n) is 4.04. The first-order valence-electron chi connectivity index (χ1n) is 7.31. The first kappa shape index (κ1) is 16.2. The van der Waals surface area contributed by atoms with Crippen LogP contribution in [-0.4, -0.2) is 11.0 Å². The van der Waals surface area contributed by atoms with Crippen LogP contribution in [0.4, 0.5) is 5.69 Å². The molecule has 1 saturated carbocycles. The highest BCUT2D eigenvalue weighted by Gasteiger charge is 2.32. The van der Waals surface area contributed by atoms with Crippen molar-refractivity contribution in [2.75, 3.05) is 0 Å². The number of hydrogen-bond acceptors (Lipinski definition) is 3. The molecule has 0 aliphatic heterocycles. The zero-order valence-electron chi connectivity index (χ0n) is 12.8. The van der Waals surface area contributed by atoms with E-state index in [0.29, 0.717) is 17.9 Å². The SMILES string of the molecule is CC1CC(OCc2ccc(Cl)c([N+](=O)[O-])c2)CC(C)(C)C1. The van der Waals surface area contributed by atoms with E-state index in [2.05, 4.69) is 20.8 Å². The second kappa shape index (κ2) is 6.32. The lowest BCUT2D eigenvalue weighted by Crippen LogP contribution is -2.32. The summed E-state index contributed by atoms with van der Waals surface area (Å²) in [6.45, 7) is 7.19. The van der Waals surface area contributed by atoms with Gasteiger partial charge in [-0.25, -0.2) is 0 Å². The van der Waals surface area contributed by atoms with E-state index >= 15 is 0 Å². The normalized spacial score (nSPS) is 24.8. The number of nitro benzene ring substituents is 1. The molecule has 2 rings (SSSR count). The molecule has 21 heavy (non-hydrogen) atoms. The molecule has 0 aromatic heterocycles. The molecule has 4 nitrogen and oxygen atoms in total. The smallest absolute Gasteiger partial charge is 0.288 e. The van der Waals surface area contributed by atoms with Crippen LogP contribution in [0, 0.1) is 21.4 Å². The van der Waals surface area contributed by atoms with Crippen molar-refractivity contribution in [3.8, 4) is 0 Å². The Morgan fingerprint density at radius 3 is 2.76 bits per heavy atom. The first-order valence-corrected chi connectivity index (χ1v) is 7.69. The van der Waals surface area contributed by atoms with Crippen molar-refractivity contribution in [1.29, 1.82) is 0 Å². The van der Waals surface area contributed by atoms with E-state index < -0.39 is 4.92 Å². The van der Waals surface area contributed by atoms with Gasteiger partial charge in [0.2, 0.25) is 0 Å². The van der Waals surface area contributed by atoms with E-state index in [9.17, 15) is 10.1 Å². The molecular formula is C16H22ClNO3. The van der Waals surface area contributed by atoms with Crippen LogP contribution in [0.25, 0.3) is 0 Å². The third-order valence-corrected chi connectivity index (χ3v) is 4.36. The molecule has 5 heteroatoms. The van der Waals surface area contributed by atoms with Crippen LogP contribution in [0.1, 0.15) is 45.6 Å². The molecule has 0 spiro atoms. The lowest BCUT2D eigenvalue weighted by Gasteiger charge is -2.38. The standard InChI is InChI=1S/C16H22ClNO3/c1-11-6-13(9-16(2,3)8-11)21-10-12-4-5-14(17)15(7-12)18(19)20/h4-5,7,11,13H,6,8-10H2,1-3H3. The fraction of sp³-hybridized carbons (Fsp3) is 0.625. The number of rotatable bonds is 4. The molecule has 0 bridgehead atoms. The van der Waals surface area contributed by atoms with E-state index in [1.807, 2.05) is 0 Å². The van der Waals surface area contributed by atoms with Crippen LogP contribution < -0.4 is 0 Å². The van der Waals surface area contributed by atoms with E-state index in [0.717, 1.165) is 18.4 Å². The molecule has 1 fully saturated rings. The quantitative estimate of drug-likeness (QED) is 0.582. The topological polar surface area (TPSA) is 52.4 Å². The van der Waals surface area contributed by atoms with Gasteiger partial charge in [0, 0.05) is 6.07 Å². The average Bonchev–Trinajstić information content (AvgIpc) is 2.35. The fourth-order valence-electron chi connectivity index (χ4n) is 3.39. The Bertz CT molecular complexity index is 530. The van der Waals surface area contributed by atoms with Gasteiger partial charge in [-0.1, -0.05) is 38.4 Å². The molecule has 2 atom stereocenters. The van der Waals surface area contributed by atoms with Crippen LogP contribution in [0.3, 0.4) is 0 Å². The van der Waals surface area contributed by atoms with Gasteiger partial charge < -0.3 is 4.74 Å². The summed E-state index contributed by atoms with van der Waals surface area (Å²) in [4.78, 5) is 10.4. The minimum absolute atomic E-state index is 0.0601. The van der Waals surface area contributed by atoms with Crippen molar-refractivity contribution < 1.29 is 9.66 Å². The summed E-state index contributed by atoms with van der Waals surface area (Å²) in [6.07, 6.45) is 3.53. The third kappa shape index (κ3) is 4.42. The molecule has 1 aliphatic rings. The van der Waals surface area contributed by atoms with E-state index in [4.69, 9.17) is 16.3 Å². The van der Waals surface area contributed by atoms with Crippen LogP contribution in [-0.2, 0) is 11.3 Å². The zero-order valence-corrected chi connectivity index (χ0v) is 13.5. The number of benzene rings is 1. The highest BCUT2D eigenvalue weighted by Crippen LogP contribution is 2.40. The van der Waals surface area contributed by atoms with E-state index in [-0.39, 0.29) is 16.8 Å².